The van der Waals surface area contributed by atoms with E-state index in [0.29, 0.717) is 17.4 Å². The molecule has 0 radical (unpaired) electrons. The van der Waals surface area contributed by atoms with Crippen LogP contribution in [0.4, 0.5) is 4.39 Å². The highest BCUT2D eigenvalue weighted by atomic mass is 35.5. The molecule has 0 N–H and O–H groups in total. The fraction of sp³-hybridized carbons (Fsp3) is 0.462. The van der Waals surface area contributed by atoms with Gasteiger partial charge in [-0.3, -0.25) is 0 Å². The predicted molar refractivity (Wildman–Crippen MR) is 70.4 cm³/mol. The third-order valence-electron chi connectivity index (χ3n) is 3.60. The Labute approximate surface area is 110 Å². The second kappa shape index (κ2) is 4.52. The number of aromatic nitrogens is 2. The zero-order valence-corrected chi connectivity index (χ0v) is 11.0. The Hall–Kier alpha value is -1.13. The maximum atomic E-state index is 13.8. The van der Waals surface area contributed by atoms with E-state index in [1.54, 1.807) is 6.07 Å². The number of hydrogen-bond acceptors (Lipinski definition) is 2. The van der Waals surface area contributed by atoms with Gasteiger partial charge < -0.3 is 9.47 Å². The molecule has 0 amide bonds. The molecule has 3 nitrogen and oxygen atoms in total. The van der Waals surface area contributed by atoms with Crippen LogP contribution in [0.15, 0.2) is 18.2 Å². The molecule has 1 fully saturated rings. The van der Waals surface area contributed by atoms with Crippen molar-refractivity contribution in [3.8, 4) is 0 Å². The van der Waals surface area contributed by atoms with Crippen molar-refractivity contribution in [2.45, 2.75) is 18.3 Å². The summed E-state index contributed by atoms with van der Waals surface area (Å²) in [5.74, 6) is 0.801. The molecular formula is C13H15ClFN3. The Morgan fingerprint density at radius 3 is 3.00 bits per heavy atom. The van der Waals surface area contributed by atoms with Crippen LogP contribution in [-0.4, -0.2) is 34.6 Å². The van der Waals surface area contributed by atoms with Crippen LogP contribution in [0.5, 0.6) is 0 Å². The summed E-state index contributed by atoms with van der Waals surface area (Å²) >= 11 is 5.95. The van der Waals surface area contributed by atoms with Crippen LogP contribution < -0.4 is 0 Å². The third kappa shape index (κ3) is 1.80. The fourth-order valence-electron chi connectivity index (χ4n) is 2.76. The largest absolute Gasteiger partial charge is 0.322 e. The lowest BCUT2D eigenvalue weighted by Gasteiger charge is -2.16. The first-order valence-corrected chi connectivity index (χ1v) is 6.64. The zero-order valence-electron chi connectivity index (χ0n) is 10.2. The van der Waals surface area contributed by atoms with Crippen molar-refractivity contribution in [2.75, 3.05) is 20.1 Å². The van der Waals surface area contributed by atoms with Gasteiger partial charge in [0.1, 0.15) is 11.3 Å². The van der Waals surface area contributed by atoms with E-state index in [4.69, 9.17) is 11.6 Å². The molecule has 1 unspecified atom stereocenters. The summed E-state index contributed by atoms with van der Waals surface area (Å²) in [5, 5.41) is 0. The van der Waals surface area contributed by atoms with E-state index in [0.717, 1.165) is 30.9 Å². The van der Waals surface area contributed by atoms with Crippen LogP contribution in [0.1, 0.15) is 18.3 Å². The number of halogens is 2. The van der Waals surface area contributed by atoms with Gasteiger partial charge in [0, 0.05) is 12.6 Å². The highest BCUT2D eigenvalue weighted by Gasteiger charge is 2.25. The average molecular weight is 268 g/mol. The van der Waals surface area contributed by atoms with E-state index in [1.165, 1.54) is 6.07 Å². The van der Waals surface area contributed by atoms with Crippen molar-refractivity contribution < 1.29 is 4.39 Å². The van der Waals surface area contributed by atoms with Crippen molar-refractivity contribution in [3.63, 3.8) is 0 Å². The summed E-state index contributed by atoms with van der Waals surface area (Å²) in [6, 6.07) is 5.43. The molecule has 18 heavy (non-hydrogen) atoms. The third-order valence-corrected chi connectivity index (χ3v) is 3.83. The summed E-state index contributed by atoms with van der Waals surface area (Å²) in [5.41, 5.74) is 1.29. The van der Waals surface area contributed by atoms with Crippen molar-refractivity contribution in [3.05, 3.63) is 29.8 Å². The lowest BCUT2D eigenvalue weighted by atomic mass is 10.2. The number of alkyl halides is 1. The average Bonchev–Trinajstić information content (AvgIpc) is 2.93. The topological polar surface area (TPSA) is 21.1 Å². The highest BCUT2D eigenvalue weighted by Crippen LogP contribution is 2.29. The van der Waals surface area contributed by atoms with Gasteiger partial charge in [-0.05, 0) is 32.1 Å². The summed E-state index contributed by atoms with van der Waals surface area (Å²) < 4.78 is 15.9. The molecule has 1 aromatic carbocycles. The van der Waals surface area contributed by atoms with Crippen molar-refractivity contribution >= 4 is 22.6 Å². The fourth-order valence-corrected chi connectivity index (χ4v) is 2.94. The second-order valence-electron chi connectivity index (χ2n) is 4.84. The van der Waals surface area contributed by atoms with Gasteiger partial charge in [-0.1, -0.05) is 6.07 Å². The standard InChI is InChI=1S/C13H15ClFN3/c1-17-6-5-9(8-17)18-11-4-2-3-10(15)13(11)16-12(18)7-14/h2-4,9H,5-8H2,1H3. The molecule has 1 aliphatic heterocycles. The smallest absolute Gasteiger partial charge is 0.151 e. The summed E-state index contributed by atoms with van der Waals surface area (Å²) in [6.07, 6.45) is 1.06. The number of likely N-dealkylation sites (N-methyl/N-ethyl adjacent to an activating group) is 1. The van der Waals surface area contributed by atoms with Crippen molar-refractivity contribution in [1.29, 1.82) is 0 Å². The maximum absolute atomic E-state index is 13.8. The molecule has 1 saturated heterocycles. The number of fused-ring (bicyclic) bond motifs is 1. The lowest BCUT2D eigenvalue weighted by Crippen LogP contribution is -2.17. The highest BCUT2D eigenvalue weighted by molar-refractivity contribution is 6.16. The molecule has 0 bridgehead atoms. The molecule has 1 atom stereocenters. The summed E-state index contributed by atoms with van der Waals surface area (Å²) in [6.45, 7) is 2.02. The van der Waals surface area contributed by atoms with Crippen LogP contribution in [0.25, 0.3) is 11.0 Å². The first-order chi connectivity index (χ1) is 8.70. The Bertz CT molecular complexity index is 581. The Morgan fingerprint density at radius 2 is 2.33 bits per heavy atom. The van der Waals surface area contributed by atoms with Crippen LogP contribution in [-0.2, 0) is 5.88 Å². The maximum Gasteiger partial charge on any atom is 0.151 e. The molecule has 2 aromatic rings. The van der Waals surface area contributed by atoms with E-state index < -0.39 is 0 Å². The molecular weight excluding hydrogens is 253 g/mol. The zero-order chi connectivity index (χ0) is 12.7. The molecule has 5 heteroatoms. The molecule has 96 valence electrons. The van der Waals surface area contributed by atoms with Crippen LogP contribution in [0.2, 0.25) is 0 Å². The Balaban J connectivity index is 2.17. The van der Waals surface area contributed by atoms with E-state index in [1.807, 2.05) is 6.07 Å². The minimum atomic E-state index is -0.274. The number of likely N-dealkylation sites (tertiary alicyclic amines) is 1. The van der Waals surface area contributed by atoms with E-state index in [2.05, 4.69) is 21.5 Å². The van der Waals surface area contributed by atoms with Gasteiger partial charge in [0.25, 0.3) is 0 Å². The van der Waals surface area contributed by atoms with Crippen molar-refractivity contribution in [2.24, 2.45) is 0 Å². The Kier molecular flexibility index (Phi) is 2.99. The van der Waals surface area contributed by atoms with Crippen LogP contribution in [0, 0.1) is 5.82 Å². The van der Waals surface area contributed by atoms with E-state index in [-0.39, 0.29) is 5.82 Å². The Morgan fingerprint density at radius 1 is 1.50 bits per heavy atom. The lowest BCUT2D eigenvalue weighted by molar-refractivity contribution is 0.393. The van der Waals surface area contributed by atoms with Crippen LogP contribution >= 0.6 is 11.6 Å². The molecule has 0 spiro atoms. The molecule has 0 aliphatic carbocycles. The number of benzene rings is 1. The minimum Gasteiger partial charge on any atom is -0.322 e. The van der Waals surface area contributed by atoms with Gasteiger partial charge in [-0.15, -0.1) is 11.6 Å². The molecule has 3 rings (SSSR count). The van der Waals surface area contributed by atoms with E-state index >= 15 is 0 Å². The first-order valence-electron chi connectivity index (χ1n) is 6.10. The SMILES string of the molecule is CN1CCC(n2c(CCl)nc3c(F)cccc32)C1. The second-order valence-corrected chi connectivity index (χ2v) is 5.11. The number of hydrogen-bond donors (Lipinski definition) is 0. The van der Waals surface area contributed by atoms with Gasteiger partial charge in [0.05, 0.1) is 11.4 Å². The number of para-hydroxylation sites is 1. The number of imidazole rings is 1. The van der Waals surface area contributed by atoms with E-state index in [9.17, 15) is 4.39 Å². The monoisotopic (exact) mass is 267 g/mol. The van der Waals surface area contributed by atoms with Gasteiger partial charge in [0.15, 0.2) is 5.82 Å². The molecule has 1 aromatic heterocycles. The van der Waals surface area contributed by atoms with Crippen molar-refractivity contribution in [1.82, 2.24) is 14.5 Å². The number of rotatable bonds is 2. The normalized spacial score (nSPS) is 20.9. The van der Waals surface area contributed by atoms with Gasteiger partial charge >= 0.3 is 0 Å². The van der Waals surface area contributed by atoms with Gasteiger partial charge in [-0.2, -0.15) is 0 Å². The first kappa shape index (κ1) is 11.9. The summed E-state index contributed by atoms with van der Waals surface area (Å²) in [4.78, 5) is 6.61. The molecule has 1 aliphatic rings. The summed E-state index contributed by atoms with van der Waals surface area (Å²) in [7, 11) is 2.10. The van der Waals surface area contributed by atoms with Gasteiger partial charge in [0.2, 0.25) is 0 Å². The van der Waals surface area contributed by atoms with Gasteiger partial charge in [-0.25, -0.2) is 9.37 Å². The minimum absolute atomic E-state index is 0.274. The number of nitrogens with zero attached hydrogens (tertiary/aromatic N) is 3. The molecule has 0 saturated carbocycles. The molecule has 2 heterocycles. The quantitative estimate of drug-likeness (QED) is 0.780. The predicted octanol–water partition coefficient (Wildman–Crippen LogP) is 2.79. The van der Waals surface area contributed by atoms with Crippen LogP contribution in [0.3, 0.4) is 0 Å².